The molecular formula is C37H79NSi. The maximum absolute atomic E-state index is 6.17. The van der Waals surface area contributed by atoms with Crippen LogP contribution >= 0.6 is 0 Å². The molecule has 0 fully saturated rings. The fourth-order valence-corrected chi connectivity index (χ4v) is 8.83. The van der Waals surface area contributed by atoms with Crippen LogP contribution in [-0.4, -0.2) is 15.0 Å². The molecule has 0 rings (SSSR count). The number of hydrogen-bond donors (Lipinski definition) is 1. The third kappa shape index (κ3) is 34.3. The first-order valence-electron chi connectivity index (χ1n) is 19.0. The topological polar surface area (TPSA) is 26.0 Å². The molecule has 0 spiro atoms. The van der Waals surface area contributed by atoms with Crippen LogP contribution in [0.5, 0.6) is 0 Å². The summed E-state index contributed by atoms with van der Waals surface area (Å²) in [6.07, 6.45) is 48.1. The average Bonchev–Trinajstić information content (AvgIpc) is 2.95. The summed E-state index contributed by atoms with van der Waals surface area (Å²) in [7, 11) is -0.621. The largest absolute Gasteiger partial charge is 0.333 e. The van der Waals surface area contributed by atoms with E-state index in [1.807, 2.05) is 0 Å². The molecule has 0 bridgehead atoms. The monoisotopic (exact) mass is 566 g/mol. The Morgan fingerprint density at radius 3 is 0.641 bits per heavy atom. The summed E-state index contributed by atoms with van der Waals surface area (Å²) in [5.74, 6) is 0. The van der Waals surface area contributed by atoms with Crippen molar-refractivity contribution in [2.75, 3.05) is 6.17 Å². The van der Waals surface area contributed by atoms with Gasteiger partial charge in [-0.05, 0) is 6.17 Å². The van der Waals surface area contributed by atoms with Gasteiger partial charge in [0.05, 0.1) is 8.80 Å². The van der Waals surface area contributed by atoms with Crippen LogP contribution in [-0.2, 0) is 0 Å². The Morgan fingerprint density at radius 1 is 0.282 bits per heavy atom. The highest BCUT2D eigenvalue weighted by molar-refractivity contribution is 6.58. The first-order chi connectivity index (χ1) is 19.3. The summed E-state index contributed by atoms with van der Waals surface area (Å²) in [4.78, 5) is 0. The summed E-state index contributed by atoms with van der Waals surface area (Å²) in [6, 6.07) is 3.04. The van der Waals surface area contributed by atoms with Crippen LogP contribution in [0.4, 0.5) is 0 Å². The van der Waals surface area contributed by atoms with Gasteiger partial charge < -0.3 is 5.73 Å². The molecule has 1 nitrogen and oxygen atoms in total. The number of rotatable bonds is 35. The normalized spacial score (nSPS) is 11.7. The van der Waals surface area contributed by atoms with Gasteiger partial charge in [-0.15, -0.1) is 0 Å². The van der Waals surface area contributed by atoms with Crippen LogP contribution in [0, 0.1) is 0 Å². The Labute approximate surface area is 251 Å². The first-order valence-corrected chi connectivity index (χ1v) is 21.5. The summed E-state index contributed by atoms with van der Waals surface area (Å²) in [6.45, 7) is 4.61. The summed E-state index contributed by atoms with van der Waals surface area (Å²) in [5.41, 5.74) is 6.17. The van der Waals surface area contributed by atoms with Gasteiger partial charge in [-0.1, -0.05) is 231 Å². The molecule has 0 unspecified atom stereocenters. The van der Waals surface area contributed by atoms with Gasteiger partial charge in [-0.3, -0.25) is 0 Å². The van der Waals surface area contributed by atoms with E-state index in [1.165, 1.54) is 218 Å². The van der Waals surface area contributed by atoms with E-state index in [2.05, 4.69) is 13.8 Å². The molecule has 0 atom stereocenters. The van der Waals surface area contributed by atoms with Gasteiger partial charge in [0.15, 0.2) is 0 Å². The maximum Gasteiger partial charge on any atom is 0.0523 e. The van der Waals surface area contributed by atoms with E-state index >= 15 is 0 Å². The molecule has 0 aromatic carbocycles. The predicted molar refractivity (Wildman–Crippen MR) is 185 cm³/mol. The van der Waals surface area contributed by atoms with E-state index in [4.69, 9.17) is 5.73 Å². The summed E-state index contributed by atoms with van der Waals surface area (Å²) < 4.78 is 0. The summed E-state index contributed by atoms with van der Waals surface area (Å²) >= 11 is 0. The van der Waals surface area contributed by atoms with Crippen LogP contribution < -0.4 is 5.73 Å². The molecule has 0 aliphatic rings. The highest BCUT2D eigenvalue weighted by Gasteiger charge is 2.08. The van der Waals surface area contributed by atoms with Crippen LogP contribution in [0.1, 0.15) is 219 Å². The predicted octanol–water partition coefficient (Wildman–Crippen LogP) is 13.2. The molecule has 0 aromatic rings. The van der Waals surface area contributed by atoms with Gasteiger partial charge >= 0.3 is 0 Å². The molecule has 0 aliphatic carbocycles. The zero-order valence-corrected chi connectivity index (χ0v) is 29.1. The van der Waals surface area contributed by atoms with Crippen molar-refractivity contribution in [3.05, 3.63) is 0 Å². The van der Waals surface area contributed by atoms with Gasteiger partial charge in [0.2, 0.25) is 0 Å². The average molecular weight is 566 g/mol. The molecule has 0 aromatic heterocycles. The third-order valence-corrected chi connectivity index (χ3v) is 12.4. The lowest BCUT2D eigenvalue weighted by Gasteiger charge is -2.13. The van der Waals surface area contributed by atoms with E-state index < -0.39 is 8.80 Å². The quantitative estimate of drug-likeness (QED) is 0.0600. The molecule has 2 N–H and O–H groups in total. The number of unbranched alkanes of at least 4 members (excludes halogenated alkanes) is 30. The minimum atomic E-state index is -0.621. The van der Waals surface area contributed by atoms with Crippen molar-refractivity contribution in [2.45, 2.75) is 231 Å². The minimum Gasteiger partial charge on any atom is -0.333 e. The highest BCUT2D eigenvalue weighted by atomic mass is 28.3. The van der Waals surface area contributed by atoms with Crippen LogP contribution in [0.15, 0.2) is 0 Å². The van der Waals surface area contributed by atoms with E-state index in [0.29, 0.717) is 0 Å². The zero-order chi connectivity index (χ0) is 28.3. The molecule has 2 heteroatoms. The second kappa shape index (κ2) is 36.2. The van der Waals surface area contributed by atoms with Crippen molar-refractivity contribution in [1.29, 1.82) is 0 Å². The maximum atomic E-state index is 6.17. The Bertz CT molecular complexity index is 376. The number of hydrogen-bond acceptors (Lipinski definition) is 1. The van der Waals surface area contributed by atoms with Crippen LogP contribution in [0.2, 0.25) is 12.1 Å². The fourth-order valence-electron chi connectivity index (χ4n) is 6.34. The smallest absolute Gasteiger partial charge is 0.0523 e. The molecule has 0 aliphatic heterocycles. The lowest BCUT2D eigenvalue weighted by Crippen LogP contribution is -2.24. The van der Waals surface area contributed by atoms with Gasteiger partial charge in [0.1, 0.15) is 0 Å². The zero-order valence-electron chi connectivity index (χ0n) is 27.9. The number of nitrogens with two attached hydrogens (primary N) is 1. The van der Waals surface area contributed by atoms with Crippen LogP contribution in [0.25, 0.3) is 0 Å². The van der Waals surface area contributed by atoms with Crippen molar-refractivity contribution in [1.82, 2.24) is 0 Å². The van der Waals surface area contributed by atoms with E-state index in [1.54, 1.807) is 0 Å². The SMILES string of the molecule is CCCCCCCCCCCCCCCCCC[SiH](CN)CCCCCCCCCCCCCCCCCC. The van der Waals surface area contributed by atoms with Crippen LogP contribution in [0.3, 0.4) is 0 Å². The molecule has 39 heavy (non-hydrogen) atoms. The van der Waals surface area contributed by atoms with Gasteiger partial charge in [-0.25, -0.2) is 0 Å². The Morgan fingerprint density at radius 2 is 0.462 bits per heavy atom. The molecule has 0 saturated heterocycles. The molecule has 0 saturated carbocycles. The van der Waals surface area contributed by atoms with Gasteiger partial charge in [0.25, 0.3) is 0 Å². The van der Waals surface area contributed by atoms with Crippen molar-refractivity contribution in [2.24, 2.45) is 5.73 Å². The Kier molecular flexibility index (Phi) is 36.4. The second-order valence-electron chi connectivity index (χ2n) is 13.3. The minimum absolute atomic E-state index is 0.621. The van der Waals surface area contributed by atoms with Gasteiger partial charge in [-0.2, -0.15) is 0 Å². The van der Waals surface area contributed by atoms with Crippen molar-refractivity contribution in [3.8, 4) is 0 Å². The lowest BCUT2D eigenvalue weighted by atomic mass is 10.0. The van der Waals surface area contributed by atoms with Gasteiger partial charge in [0, 0.05) is 0 Å². The Balaban J connectivity index is 3.25. The molecule has 236 valence electrons. The second-order valence-corrected chi connectivity index (χ2v) is 16.6. The lowest BCUT2D eigenvalue weighted by molar-refractivity contribution is 0.530. The standard InChI is InChI=1S/C37H79NSi/c1-3-5-7-9-11-13-15-17-19-21-23-25-27-29-31-33-35-39(37-38)36-34-32-30-28-26-24-22-20-18-16-14-12-10-8-6-4-2/h39H,3-38H2,1-2H3. The molecular weight excluding hydrogens is 487 g/mol. The molecule has 0 amide bonds. The molecule has 0 heterocycles. The van der Waals surface area contributed by atoms with E-state index in [-0.39, 0.29) is 0 Å². The highest BCUT2D eigenvalue weighted by Crippen LogP contribution is 2.17. The fraction of sp³-hybridized carbons (Fsp3) is 1.00. The van der Waals surface area contributed by atoms with Crippen molar-refractivity contribution < 1.29 is 0 Å². The molecule has 0 radical (unpaired) electrons. The first kappa shape index (κ1) is 39.2. The Hall–Kier alpha value is 0.177. The van der Waals surface area contributed by atoms with E-state index in [0.717, 1.165) is 6.17 Å². The summed E-state index contributed by atoms with van der Waals surface area (Å²) in [5, 5.41) is 0. The third-order valence-electron chi connectivity index (χ3n) is 9.27. The van der Waals surface area contributed by atoms with Crippen molar-refractivity contribution >= 4 is 8.80 Å². The van der Waals surface area contributed by atoms with Crippen molar-refractivity contribution in [3.63, 3.8) is 0 Å². The van der Waals surface area contributed by atoms with E-state index in [9.17, 15) is 0 Å².